The number of carbonyl (C=O) groups excluding carboxylic acids is 2. The van der Waals surface area contributed by atoms with Crippen molar-refractivity contribution in [2.45, 2.75) is 44.3 Å². The molecule has 1 aliphatic heterocycles. The van der Waals surface area contributed by atoms with Crippen molar-refractivity contribution < 1.29 is 14.3 Å². The van der Waals surface area contributed by atoms with Crippen LogP contribution in [0.4, 0.5) is 10.6 Å². The monoisotopic (exact) mass is 321 g/mol. The zero-order chi connectivity index (χ0) is 16.4. The number of aromatic nitrogens is 2. The Morgan fingerprint density at radius 2 is 2.30 bits per heavy atom. The summed E-state index contributed by atoms with van der Waals surface area (Å²) >= 11 is 0. The first-order valence-electron chi connectivity index (χ1n) is 7.98. The smallest absolute Gasteiger partial charge is 0.320 e. The Bertz CT molecular complexity index is 583. The minimum absolute atomic E-state index is 0.0955. The molecule has 1 saturated heterocycles. The summed E-state index contributed by atoms with van der Waals surface area (Å²) in [6.07, 6.45) is 4.35. The third-order valence-corrected chi connectivity index (χ3v) is 4.19. The first kappa shape index (κ1) is 15.8. The molecule has 126 valence electrons. The van der Waals surface area contributed by atoms with Crippen LogP contribution in [0.25, 0.3) is 0 Å². The Kier molecular flexibility index (Phi) is 4.51. The number of nitrogens with zero attached hydrogens (tertiary/aromatic N) is 3. The van der Waals surface area contributed by atoms with Gasteiger partial charge in [-0.3, -0.25) is 14.8 Å². The maximum atomic E-state index is 12.0. The molecular formula is C15H23N5O3. The number of nitrogens with one attached hydrogen (secondary N) is 2. The van der Waals surface area contributed by atoms with Crippen molar-refractivity contribution in [3.63, 3.8) is 0 Å². The van der Waals surface area contributed by atoms with Gasteiger partial charge in [-0.1, -0.05) is 0 Å². The Labute approximate surface area is 135 Å². The van der Waals surface area contributed by atoms with Gasteiger partial charge in [0.15, 0.2) is 5.82 Å². The molecular weight excluding hydrogens is 298 g/mol. The lowest BCUT2D eigenvalue weighted by molar-refractivity contribution is -0.128. The Morgan fingerprint density at radius 3 is 3.00 bits per heavy atom. The van der Waals surface area contributed by atoms with E-state index in [9.17, 15) is 9.59 Å². The van der Waals surface area contributed by atoms with Crippen molar-refractivity contribution in [2.75, 3.05) is 25.6 Å². The predicted octanol–water partition coefficient (Wildman–Crippen LogP) is 0.975. The highest BCUT2D eigenvalue weighted by molar-refractivity contribution is 5.89. The van der Waals surface area contributed by atoms with Gasteiger partial charge in [0.1, 0.15) is 0 Å². The van der Waals surface area contributed by atoms with E-state index >= 15 is 0 Å². The van der Waals surface area contributed by atoms with Gasteiger partial charge in [-0.25, -0.2) is 4.79 Å². The van der Waals surface area contributed by atoms with Crippen LogP contribution in [-0.2, 0) is 9.53 Å². The van der Waals surface area contributed by atoms with Crippen LogP contribution in [0.1, 0.15) is 32.2 Å². The van der Waals surface area contributed by atoms with Crippen LogP contribution < -0.4 is 10.6 Å². The molecule has 8 nitrogen and oxygen atoms in total. The quantitative estimate of drug-likeness (QED) is 0.817. The third kappa shape index (κ3) is 3.82. The molecule has 1 aliphatic carbocycles. The van der Waals surface area contributed by atoms with Gasteiger partial charge >= 0.3 is 6.03 Å². The molecule has 0 aromatic carbocycles. The van der Waals surface area contributed by atoms with Gasteiger partial charge in [0.2, 0.25) is 5.91 Å². The van der Waals surface area contributed by atoms with Crippen molar-refractivity contribution in [1.29, 1.82) is 0 Å². The van der Waals surface area contributed by atoms with Crippen LogP contribution in [0.3, 0.4) is 0 Å². The number of amides is 3. The molecule has 3 amide bonds. The lowest BCUT2D eigenvalue weighted by atomic mass is 10.3. The normalized spacial score (nSPS) is 22.3. The van der Waals surface area contributed by atoms with Crippen molar-refractivity contribution in [2.24, 2.45) is 0 Å². The molecule has 0 radical (unpaired) electrons. The van der Waals surface area contributed by atoms with E-state index in [4.69, 9.17) is 4.74 Å². The standard InChI is InChI=1S/C15H23N5O3/c1-10(9-23-2)20-6-5-13(18-20)17-15(22)16-11-7-14(21)19(8-11)12-3-4-12/h5-6,10-12H,3-4,7-9H2,1-2H3,(H2,16,17,18,22). The molecule has 2 N–H and O–H groups in total. The predicted molar refractivity (Wildman–Crippen MR) is 84.1 cm³/mol. The van der Waals surface area contributed by atoms with E-state index in [2.05, 4.69) is 15.7 Å². The van der Waals surface area contributed by atoms with Crippen LogP contribution in [0.15, 0.2) is 12.3 Å². The molecule has 1 aromatic heterocycles. The van der Waals surface area contributed by atoms with E-state index in [0.717, 1.165) is 12.8 Å². The molecule has 0 bridgehead atoms. The summed E-state index contributed by atoms with van der Waals surface area (Å²) in [6.45, 7) is 3.14. The van der Waals surface area contributed by atoms with E-state index in [-0.39, 0.29) is 24.0 Å². The number of ether oxygens (including phenoxy) is 1. The molecule has 2 atom stereocenters. The first-order chi connectivity index (χ1) is 11.1. The molecule has 1 saturated carbocycles. The number of likely N-dealkylation sites (tertiary alicyclic amines) is 1. The van der Waals surface area contributed by atoms with Gasteiger partial charge in [-0.2, -0.15) is 5.10 Å². The highest BCUT2D eigenvalue weighted by Crippen LogP contribution is 2.30. The lowest BCUT2D eigenvalue weighted by Crippen LogP contribution is -2.40. The van der Waals surface area contributed by atoms with Crippen molar-refractivity contribution in [1.82, 2.24) is 20.0 Å². The maximum Gasteiger partial charge on any atom is 0.320 e. The van der Waals surface area contributed by atoms with Crippen LogP contribution >= 0.6 is 0 Å². The van der Waals surface area contributed by atoms with Crippen LogP contribution in [0.2, 0.25) is 0 Å². The largest absolute Gasteiger partial charge is 0.382 e. The average molecular weight is 321 g/mol. The van der Waals surface area contributed by atoms with Crippen LogP contribution in [0.5, 0.6) is 0 Å². The van der Waals surface area contributed by atoms with E-state index in [0.29, 0.717) is 31.4 Å². The van der Waals surface area contributed by atoms with Crippen molar-refractivity contribution >= 4 is 17.8 Å². The SMILES string of the molecule is COCC(C)n1ccc(NC(=O)NC2CC(=O)N(C3CC3)C2)n1. The number of carbonyl (C=O) groups is 2. The summed E-state index contributed by atoms with van der Waals surface area (Å²) in [5.74, 6) is 0.615. The van der Waals surface area contributed by atoms with E-state index in [1.54, 1.807) is 24.1 Å². The second-order valence-electron chi connectivity index (χ2n) is 6.26. The molecule has 2 unspecified atom stereocenters. The molecule has 3 rings (SSSR count). The molecule has 2 fully saturated rings. The third-order valence-electron chi connectivity index (χ3n) is 4.19. The lowest BCUT2D eigenvalue weighted by Gasteiger charge is -2.16. The first-order valence-corrected chi connectivity index (χ1v) is 7.98. The zero-order valence-electron chi connectivity index (χ0n) is 13.5. The van der Waals surface area contributed by atoms with Gasteiger partial charge in [-0.05, 0) is 19.8 Å². The molecule has 23 heavy (non-hydrogen) atoms. The second kappa shape index (κ2) is 6.57. The maximum absolute atomic E-state index is 12.0. The summed E-state index contributed by atoms with van der Waals surface area (Å²) in [6, 6.07) is 1.78. The summed E-state index contributed by atoms with van der Waals surface area (Å²) in [5.41, 5.74) is 0. The summed E-state index contributed by atoms with van der Waals surface area (Å²) < 4.78 is 6.83. The van der Waals surface area contributed by atoms with Gasteiger partial charge in [0.25, 0.3) is 0 Å². The summed E-state index contributed by atoms with van der Waals surface area (Å²) in [7, 11) is 1.64. The van der Waals surface area contributed by atoms with Gasteiger partial charge in [0, 0.05) is 38.4 Å². The Balaban J connectivity index is 1.49. The van der Waals surface area contributed by atoms with Crippen LogP contribution in [0, 0.1) is 0 Å². The zero-order valence-corrected chi connectivity index (χ0v) is 13.5. The Hall–Kier alpha value is -2.09. The van der Waals surface area contributed by atoms with E-state index in [1.165, 1.54) is 0 Å². The van der Waals surface area contributed by atoms with E-state index in [1.807, 2.05) is 11.8 Å². The highest BCUT2D eigenvalue weighted by Gasteiger charge is 2.39. The second-order valence-corrected chi connectivity index (χ2v) is 6.26. The fourth-order valence-electron chi connectivity index (χ4n) is 2.87. The molecule has 8 heteroatoms. The molecule has 0 spiro atoms. The molecule has 1 aromatic rings. The number of methoxy groups -OCH3 is 1. The van der Waals surface area contributed by atoms with Gasteiger partial charge in [-0.15, -0.1) is 0 Å². The number of hydrogen-bond acceptors (Lipinski definition) is 4. The summed E-state index contributed by atoms with van der Waals surface area (Å²) in [5, 5.41) is 9.85. The average Bonchev–Trinajstić information content (AvgIpc) is 3.13. The van der Waals surface area contributed by atoms with E-state index < -0.39 is 0 Å². The minimum atomic E-state index is -0.329. The van der Waals surface area contributed by atoms with Gasteiger partial charge < -0.3 is 15.0 Å². The van der Waals surface area contributed by atoms with Crippen molar-refractivity contribution in [3.05, 3.63) is 12.3 Å². The van der Waals surface area contributed by atoms with Crippen LogP contribution in [-0.4, -0.2) is 59.0 Å². The molecule has 2 heterocycles. The fourth-order valence-corrected chi connectivity index (χ4v) is 2.87. The van der Waals surface area contributed by atoms with Crippen molar-refractivity contribution in [3.8, 4) is 0 Å². The highest BCUT2D eigenvalue weighted by atomic mass is 16.5. The van der Waals surface area contributed by atoms with Gasteiger partial charge in [0.05, 0.1) is 18.7 Å². The number of urea groups is 1. The number of anilines is 1. The minimum Gasteiger partial charge on any atom is -0.382 e. The topological polar surface area (TPSA) is 88.5 Å². The number of rotatable bonds is 6. The number of hydrogen-bond donors (Lipinski definition) is 2. The summed E-state index contributed by atoms with van der Waals surface area (Å²) in [4.78, 5) is 25.8. The molecule has 2 aliphatic rings. The Morgan fingerprint density at radius 1 is 1.52 bits per heavy atom. The fraction of sp³-hybridized carbons (Fsp3) is 0.667.